The standard InChI is InChI=1S/C10H17NO5S2/c1-15-7-8(3-5-12)11-18(13,14)10-9(16-2)4-6-17-10/h4,6,8,11-12H,3,5,7H2,1-2H3/t8-/m1/s1. The SMILES string of the molecule is COC[C@@H](CCO)NS(=O)(=O)c1sccc1OC. The van der Waals surface area contributed by atoms with Gasteiger partial charge in [0.2, 0.25) is 0 Å². The number of thiophene rings is 1. The molecular weight excluding hydrogens is 278 g/mol. The molecule has 2 N–H and O–H groups in total. The lowest BCUT2D eigenvalue weighted by molar-refractivity contribution is 0.158. The average molecular weight is 295 g/mol. The molecule has 18 heavy (non-hydrogen) atoms. The lowest BCUT2D eigenvalue weighted by atomic mass is 10.2. The van der Waals surface area contributed by atoms with Gasteiger partial charge in [-0.2, -0.15) is 0 Å². The Morgan fingerprint density at radius 1 is 1.50 bits per heavy atom. The molecule has 0 bridgehead atoms. The first-order chi connectivity index (χ1) is 8.55. The van der Waals surface area contributed by atoms with Gasteiger partial charge >= 0.3 is 0 Å². The molecule has 6 nitrogen and oxygen atoms in total. The minimum absolute atomic E-state index is 0.113. The van der Waals surface area contributed by atoms with Gasteiger partial charge in [0.15, 0.2) is 4.21 Å². The van der Waals surface area contributed by atoms with Gasteiger partial charge in [-0.3, -0.25) is 0 Å². The molecule has 1 rings (SSSR count). The minimum Gasteiger partial charge on any atom is -0.494 e. The van der Waals surface area contributed by atoms with E-state index < -0.39 is 16.1 Å². The predicted octanol–water partition coefficient (Wildman–Crippen LogP) is 0.432. The summed E-state index contributed by atoms with van der Waals surface area (Å²) < 4.78 is 36.7. The molecule has 0 saturated carbocycles. The number of hydrogen-bond acceptors (Lipinski definition) is 6. The largest absolute Gasteiger partial charge is 0.494 e. The van der Waals surface area contributed by atoms with Crippen LogP contribution in [-0.4, -0.2) is 47.0 Å². The van der Waals surface area contributed by atoms with E-state index in [4.69, 9.17) is 14.6 Å². The number of nitrogens with one attached hydrogen (secondary N) is 1. The summed E-state index contributed by atoms with van der Waals surface area (Å²) in [7, 11) is -0.756. The molecule has 0 radical (unpaired) electrons. The van der Waals surface area contributed by atoms with Crippen molar-refractivity contribution in [3.8, 4) is 5.75 Å². The Labute approximate surface area is 111 Å². The third kappa shape index (κ3) is 3.92. The third-order valence-electron chi connectivity index (χ3n) is 2.23. The molecule has 1 aromatic heterocycles. The van der Waals surface area contributed by atoms with Crippen LogP contribution in [0.2, 0.25) is 0 Å². The molecule has 1 atom stereocenters. The van der Waals surface area contributed by atoms with Crippen LogP contribution in [0.25, 0.3) is 0 Å². The van der Waals surface area contributed by atoms with Crippen molar-refractivity contribution >= 4 is 21.4 Å². The minimum atomic E-state index is -3.65. The summed E-state index contributed by atoms with van der Waals surface area (Å²) in [5, 5.41) is 10.5. The maximum absolute atomic E-state index is 12.1. The second-order valence-electron chi connectivity index (χ2n) is 3.56. The van der Waals surface area contributed by atoms with Crippen molar-refractivity contribution in [2.24, 2.45) is 0 Å². The Morgan fingerprint density at radius 3 is 2.78 bits per heavy atom. The van der Waals surface area contributed by atoms with Crippen LogP contribution in [0.1, 0.15) is 6.42 Å². The summed E-state index contributed by atoms with van der Waals surface area (Å²) in [6.07, 6.45) is 0.292. The van der Waals surface area contributed by atoms with E-state index in [0.29, 0.717) is 12.2 Å². The van der Waals surface area contributed by atoms with Crippen molar-refractivity contribution in [1.29, 1.82) is 0 Å². The molecule has 1 aromatic rings. The van der Waals surface area contributed by atoms with E-state index in [2.05, 4.69) is 4.72 Å². The van der Waals surface area contributed by atoms with Crippen LogP contribution in [0.15, 0.2) is 15.7 Å². The molecule has 0 saturated heterocycles. The number of aliphatic hydroxyl groups excluding tert-OH is 1. The van der Waals surface area contributed by atoms with Crippen LogP contribution < -0.4 is 9.46 Å². The zero-order valence-electron chi connectivity index (χ0n) is 10.3. The zero-order valence-corrected chi connectivity index (χ0v) is 11.9. The Bertz CT molecular complexity index is 451. The monoisotopic (exact) mass is 295 g/mol. The Hall–Kier alpha value is -0.670. The van der Waals surface area contributed by atoms with Crippen LogP contribution >= 0.6 is 11.3 Å². The first-order valence-corrected chi connectivity index (χ1v) is 7.65. The van der Waals surface area contributed by atoms with E-state index in [-0.39, 0.29) is 17.4 Å². The fourth-order valence-electron chi connectivity index (χ4n) is 1.44. The molecule has 0 aliphatic carbocycles. The van der Waals surface area contributed by atoms with Gasteiger partial charge in [-0.15, -0.1) is 11.3 Å². The molecule has 8 heteroatoms. The summed E-state index contributed by atoms with van der Waals surface area (Å²) in [6, 6.07) is 1.13. The molecule has 1 heterocycles. The van der Waals surface area contributed by atoms with Crippen molar-refractivity contribution in [1.82, 2.24) is 4.72 Å². The third-order valence-corrected chi connectivity index (χ3v) is 5.19. The number of aliphatic hydroxyl groups is 1. The summed E-state index contributed by atoms with van der Waals surface area (Å²) in [5.74, 6) is 0.313. The molecule has 0 unspecified atom stereocenters. The number of hydrogen-bond donors (Lipinski definition) is 2. The van der Waals surface area contributed by atoms with E-state index in [1.54, 1.807) is 11.4 Å². The highest BCUT2D eigenvalue weighted by Gasteiger charge is 2.24. The quantitative estimate of drug-likeness (QED) is 0.726. The molecule has 104 valence electrons. The van der Waals surface area contributed by atoms with Gasteiger partial charge in [0, 0.05) is 19.8 Å². The Morgan fingerprint density at radius 2 is 2.22 bits per heavy atom. The highest BCUT2D eigenvalue weighted by molar-refractivity contribution is 7.91. The fraction of sp³-hybridized carbons (Fsp3) is 0.600. The van der Waals surface area contributed by atoms with Gasteiger partial charge in [-0.1, -0.05) is 0 Å². The van der Waals surface area contributed by atoms with Gasteiger partial charge in [0.05, 0.1) is 13.7 Å². The topological polar surface area (TPSA) is 84.9 Å². The first kappa shape index (κ1) is 15.4. The van der Waals surface area contributed by atoms with E-state index in [9.17, 15) is 8.42 Å². The van der Waals surface area contributed by atoms with Gasteiger partial charge in [-0.05, 0) is 17.9 Å². The van der Waals surface area contributed by atoms with Crippen molar-refractivity contribution in [2.45, 2.75) is 16.7 Å². The fourth-order valence-corrected chi connectivity index (χ4v) is 3.99. The van der Waals surface area contributed by atoms with Crippen LogP contribution in [0.4, 0.5) is 0 Å². The van der Waals surface area contributed by atoms with E-state index in [1.165, 1.54) is 14.2 Å². The lowest BCUT2D eigenvalue weighted by Gasteiger charge is -2.16. The molecule has 0 spiro atoms. The van der Waals surface area contributed by atoms with E-state index >= 15 is 0 Å². The number of ether oxygens (including phenoxy) is 2. The molecule has 0 amide bonds. The first-order valence-electron chi connectivity index (χ1n) is 5.28. The van der Waals surface area contributed by atoms with Crippen LogP contribution in [-0.2, 0) is 14.8 Å². The van der Waals surface area contributed by atoms with Gasteiger partial charge in [-0.25, -0.2) is 13.1 Å². The Kier molecular flexibility index (Phi) is 6.03. The summed E-state index contributed by atoms with van der Waals surface area (Å²) >= 11 is 1.08. The van der Waals surface area contributed by atoms with Gasteiger partial charge < -0.3 is 14.6 Å². The van der Waals surface area contributed by atoms with Crippen molar-refractivity contribution in [2.75, 3.05) is 27.4 Å². The highest BCUT2D eigenvalue weighted by Crippen LogP contribution is 2.29. The van der Waals surface area contributed by atoms with Crippen molar-refractivity contribution in [3.05, 3.63) is 11.4 Å². The van der Waals surface area contributed by atoms with Crippen LogP contribution in [0.5, 0.6) is 5.75 Å². The lowest BCUT2D eigenvalue weighted by Crippen LogP contribution is -2.38. The summed E-state index contributed by atoms with van der Waals surface area (Å²) in [5.41, 5.74) is 0. The summed E-state index contributed by atoms with van der Waals surface area (Å²) in [6.45, 7) is 0.0889. The van der Waals surface area contributed by atoms with Gasteiger partial charge in [0.1, 0.15) is 5.75 Å². The zero-order chi connectivity index (χ0) is 13.6. The second-order valence-corrected chi connectivity index (χ2v) is 6.39. The summed E-state index contributed by atoms with van der Waals surface area (Å²) in [4.78, 5) is 0. The molecule has 0 fully saturated rings. The van der Waals surface area contributed by atoms with Crippen molar-refractivity contribution in [3.63, 3.8) is 0 Å². The normalized spacial score (nSPS) is 13.5. The smallest absolute Gasteiger partial charge is 0.254 e. The van der Waals surface area contributed by atoms with Crippen molar-refractivity contribution < 1.29 is 23.0 Å². The molecular formula is C10H17NO5S2. The highest BCUT2D eigenvalue weighted by atomic mass is 32.2. The number of rotatable bonds is 8. The average Bonchev–Trinajstić information content (AvgIpc) is 2.78. The second kappa shape index (κ2) is 7.05. The van der Waals surface area contributed by atoms with Gasteiger partial charge in [0.25, 0.3) is 10.0 Å². The molecule has 0 aliphatic heterocycles. The van der Waals surface area contributed by atoms with E-state index in [0.717, 1.165) is 11.3 Å². The number of sulfonamides is 1. The Balaban J connectivity index is 2.86. The van der Waals surface area contributed by atoms with Crippen LogP contribution in [0.3, 0.4) is 0 Å². The van der Waals surface area contributed by atoms with Crippen LogP contribution in [0, 0.1) is 0 Å². The van der Waals surface area contributed by atoms with E-state index in [1.807, 2.05) is 0 Å². The molecule has 0 aromatic carbocycles. The number of methoxy groups -OCH3 is 2. The molecule has 0 aliphatic rings. The maximum Gasteiger partial charge on any atom is 0.254 e. The maximum atomic E-state index is 12.1. The predicted molar refractivity (Wildman–Crippen MR) is 68.6 cm³/mol.